The molecule has 0 radical (unpaired) electrons. The van der Waals surface area contributed by atoms with Crippen molar-refractivity contribution in [2.24, 2.45) is 0 Å². The van der Waals surface area contributed by atoms with Crippen molar-refractivity contribution >= 4 is 28.4 Å². The summed E-state index contributed by atoms with van der Waals surface area (Å²) in [5, 5.41) is 10.0. The normalized spacial score (nSPS) is 11.1. The third kappa shape index (κ3) is 2.97. The third-order valence-corrected chi connectivity index (χ3v) is 4.96. The van der Waals surface area contributed by atoms with Crippen molar-refractivity contribution in [2.75, 3.05) is 5.75 Å². The van der Waals surface area contributed by atoms with Crippen LogP contribution < -0.4 is 0 Å². The number of hydrogen-bond acceptors (Lipinski definition) is 5. The second kappa shape index (κ2) is 7.05. The highest BCUT2D eigenvalue weighted by molar-refractivity contribution is 7.99. The summed E-state index contributed by atoms with van der Waals surface area (Å²) in [5.41, 5.74) is 1.64. The van der Waals surface area contributed by atoms with Gasteiger partial charge in [0.15, 0.2) is 16.7 Å². The highest BCUT2D eigenvalue weighted by Crippen LogP contribution is 2.26. The SMILES string of the molecule is C=CCn1c(SCC(=O)c2c[nH]c3ccccc23)nnc1-c1ccco1. The van der Waals surface area contributed by atoms with Crippen LogP contribution in [-0.2, 0) is 6.54 Å². The number of aromatic amines is 1. The Labute approximate surface area is 153 Å². The Hall–Kier alpha value is -3.06. The van der Waals surface area contributed by atoms with Gasteiger partial charge in [0.2, 0.25) is 5.82 Å². The number of aromatic nitrogens is 4. The molecule has 0 amide bonds. The maximum absolute atomic E-state index is 12.7. The van der Waals surface area contributed by atoms with E-state index < -0.39 is 0 Å². The molecule has 0 fully saturated rings. The van der Waals surface area contributed by atoms with Crippen LogP contribution >= 0.6 is 11.8 Å². The van der Waals surface area contributed by atoms with E-state index in [0.29, 0.717) is 28.8 Å². The lowest BCUT2D eigenvalue weighted by Crippen LogP contribution is -2.05. The summed E-state index contributed by atoms with van der Waals surface area (Å²) in [5.74, 6) is 1.57. The molecule has 0 unspecified atom stereocenters. The van der Waals surface area contributed by atoms with Crippen LogP contribution in [-0.4, -0.2) is 31.3 Å². The number of para-hydroxylation sites is 1. The summed E-state index contributed by atoms with van der Waals surface area (Å²) in [6.45, 7) is 4.32. The molecule has 1 N–H and O–H groups in total. The number of carbonyl (C=O) groups is 1. The predicted octanol–water partition coefficient (Wildman–Crippen LogP) is 4.18. The highest BCUT2D eigenvalue weighted by atomic mass is 32.2. The van der Waals surface area contributed by atoms with Crippen LogP contribution in [0.3, 0.4) is 0 Å². The minimum atomic E-state index is 0.0418. The molecule has 0 bridgehead atoms. The maximum Gasteiger partial charge on any atom is 0.200 e. The summed E-state index contributed by atoms with van der Waals surface area (Å²) < 4.78 is 7.30. The van der Waals surface area contributed by atoms with Crippen molar-refractivity contribution in [1.82, 2.24) is 19.7 Å². The molecule has 0 aliphatic heterocycles. The lowest BCUT2D eigenvalue weighted by atomic mass is 10.1. The Morgan fingerprint density at radius 2 is 2.15 bits per heavy atom. The van der Waals surface area contributed by atoms with Crippen LogP contribution in [0.15, 0.2) is 71.1 Å². The number of benzene rings is 1. The number of nitrogens with one attached hydrogen (secondary N) is 1. The van der Waals surface area contributed by atoms with Gasteiger partial charge < -0.3 is 9.40 Å². The lowest BCUT2D eigenvalue weighted by Gasteiger charge is -2.05. The van der Waals surface area contributed by atoms with E-state index in [0.717, 1.165) is 10.9 Å². The molecular weight excluding hydrogens is 348 g/mol. The summed E-state index contributed by atoms with van der Waals surface area (Å²) >= 11 is 1.36. The molecule has 130 valence electrons. The molecule has 0 spiro atoms. The average molecular weight is 364 g/mol. The number of ketones is 1. The minimum absolute atomic E-state index is 0.0418. The zero-order valence-electron chi connectivity index (χ0n) is 13.9. The van der Waals surface area contributed by atoms with Gasteiger partial charge in [-0.05, 0) is 18.2 Å². The molecule has 26 heavy (non-hydrogen) atoms. The first-order valence-electron chi connectivity index (χ1n) is 8.08. The fraction of sp³-hybridized carbons (Fsp3) is 0.105. The average Bonchev–Trinajstić information content (AvgIpc) is 3.39. The number of Topliss-reactive ketones (excluding diaryl/α,β-unsaturated/α-hetero) is 1. The van der Waals surface area contributed by atoms with Gasteiger partial charge in [-0.25, -0.2) is 0 Å². The fourth-order valence-electron chi connectivity index (χ4n) is 2.79. The Bertz CT molecular complexity index is 1060. The minimum Gasteiger partial charge on any atom is -0.461 e. The van der Waals surface area contributed by atoms with E-state index >= 15 is 0 Å². The number of allylic oxidation sites excluding steroid dienone is 1. The van der Waals surface area contributed by atoms with E-state index in [1.54, 1.807) is 24.6 Å². The van der Waals surface area contributed by atoms with Gasteiger partial charge in [0.1, 0.15) is 0 Å². The fourth-order valence-corrected chi connectivity index (χ4v) is 3.62. The molecule has 4 aromatic rings. The van der Waals surface area contributed by atoms with Gasteiger partial charge in [0.25, 0.3) is 0 Å². The molecule has 0 atom stereocenters. The largest absolute Gasteiger partial charge is 0.461 e. The Kier molecular flexibility index (Phi) is 4.45. The van der Waals surface area contributed by atoms with Gasteiger partial charge in [0, 0.05) is 29.2 Å². The van der Waals surface area contributed by atoms with Crippen LogP contribution in [0.25, 0.3) is 22.5 Å². The zero-order valence-corrected chi connectivity index (χ0v) is 14.7. The van der Waals surface area contributed by atoms with E-state index in [1.807, 2.05) is 34.9 Å². The molecule has 1 aromatic carbocycles. The third-order valence-electron chi connectivity index (χ3n) is 3.99. The lowest BCUT2D eigenvalue weighted by molar-refractivity contribution is 0.102. The first-order valence-corrected chi connectivity index (χ1v) is 9.06. The van der Waals surface area contributed by atoms with E-state index in [2.05, 4.69) is 21.8 Å². The first kappa shape index (κ1) is 16.4. The van der Waals surface area contributed by atoms with Gasteiger partial charge >= 0.3 is 0 Å². The van der Waals surface area contributed by atoms with E-state index in [-0.39, 0.29) is 11.5 Å². The molecular formula is C19H16N4O2S. The van der Waals surface area contributed by atoms with Gasteiger partial charge in [-0.1, -0.05) is 36.0 Å². The Balaban J connectivity index is 1.56. The molecule has 0 saturated heterocycles. The first-order chi connectivity index (χ1) is 12.8. The molecule has 6 nitrogen and oxygen atoms in total. The molecule has 3 aromatic heterocycles. The number of furan rings is 1. The van der Waals surface area contributed by atoms with Crippen LogP contribution in [0.5, 0.6) is 0 Å². The predicted molar refractivity (Wildman–Crippen MR) is 101 cm³/mol. The number of nitrogens with zero attached hydrogens (tertiary/aromatic N) is 3. The standard InChI is InChI=1S/C19H16N4O2S/c1-2-9-23-18(17-8-5-10-25-17)21-22-19(23)26-12-16(24)14-11-20-15-7-4-3-6-13(14)15/h2-8,10-11,20H,1,9,12H2. The van der Waals surface area contributed by atoms with Gasteiger partial charge in [-0.3, -0.25) is 9.36 Å². The summed E-state index contributed by atoms with van der Waals surface area (Å²) in [6, 6.07) is 11.4. The number of rotatable bonds is 7. The van der Waals surface area contributed by atoms with Crippen LogP contribution in [0, 0.1) is 0 Å². The number of fused-ring (bicyclic) bond motifs is 1. The van der Waals surface area contributed by atoms with E-state index in [1.165, 1.54) is 11.8 Å². The zero-order chi connectivity index (χ0) is 17.9. The highest BCUT2D eigenvalue weighted by Gasteiger charge is 2.18. The van der Waals surface area contributed by atoms with E-state index in [9.17, 15) is 4.79 Å². The molecule has 0 aliphatic rings. The van der Waals surface area contributed by atoms with Gasteiger partial charge in [-0.2, -0.15) is 0 Å². The summed E-state index contributed by atoms with van der Waals surface area (Å²) in [4.78, 5) is 15.8. The number of carbonyl (C=O) groups excluding carboxylic acids is 1. The van der Waals surface area contributed by atoms with Crippen molar-refractivity contribution in [3.05, 3.63) is 67.1 Å². The Morgan fingerprint density at radius 3 is 2.96 bits per heavy atom. The quantitative estimate of drug-likeness (QED) is 0.302. The van der Waals surface area contributed by atoms with Gasteiger partial charge in [0.05, 0.1) is 12.0 Å². The Morgan fingerprint density at radius 1 is 1.27 bits per heavy atom. The number of thioether (sulfide) groups is 1. The topological polar surface area (TPSA) is 76.7 Å². The van der Waals surface area contributed by atoms with Crippen molar-refractivity contribution in [1.29, 1.82) is 0 Å². The molecule has 7 heteroatoms. The second-order valence-corrected chi connectivity index (χ2v) is 6.59. The van der Waals surface area contributed by atoms with Crippen LogP contribution in [0.2, 0.25) is 0 Å². The number of H-pyrrole nitrogens is 1. The second-order valence-electron chi connectivity index (χ2n) is 5.64. The summed E-state index contributed by atoms with van der Waals surface area (Å²) in [6.07, 6.45) is 5.12. The maximum atomic E-state index is 12.7. The smallest absolute Gasteiger partial charge is 0.200 e. The molecule has 0 saturated carbocycles. The molecule has 3 heterocycles. The molecule has 0 aliphatic carbocycles. The summed E-state index contributed by atoms with van der Waals surface area (Å²) in [7, 11) is 0. The van der Waals surface area contributed by atoms with Crippen molar-refractivity contribution in [3.63, 3.8) is 0 Å². The van der Waals surface area contributed by atoms with Crippen LogP contribution in [0.4, 0.5) is 0 Å². The van der Waals surface area contributed by atoms with E-state index in [4.69, 9.17) is 4.42 Å². The van der Waals surface area contributed by atoms with Gasteiger partial charge in [-0.15, -0.1) is 16.8 Å². The number of hydrogen-bond donors (Lipinski definition) is 1. The van der Waals surface area contributed by atoms with Crippen molar-refractivity contribution < 1.29 is 9.21 Å². The van der Waals surface area contributed by atoms with Crippen LogP contribution in [0.1, 0.15) is 10.4 Å². The monoisotopic (exact) mass is 364 g/mol. The molecule has 4 rings (SSSR count). The van der Waals surface area contributed by atoms with Crippen molar-refractivity contribution in [3.8, 4) is 11.6 Å². The van der Waals surface area contributed by atoms with Crippen molar-refractivity contribution in [2.45, 2.75) is 11.7 Å².